The Morgan fingerprint density at radius 2 is 1.77 bits per heavy atom. The number of ether oxygens (including phenoxy) is 2. The first-order valence-electron chi connectivity index (χ1n) is 13.3. The molecule has 0 aromatic heterocycles. The van der Waals surface area contributed by atoms with Crippen LogP contribution in [0.5, 0.6) is 0 Å². The van der Waals surface area contributed by atoms with Crippen molar-refractivity contribution < 1.29 is 29.0 Å². The molecule has 40 heavy (non-hydrogen) atoms. The molecular weight excluding hydrogens is 523 g/mol. The number of rotatable bonds is 10. The van der Waals surface area contributed by atoms with Crippen molar-refractivity contribution in [2.75, 3.05) is 25.1 Å². The van der Waals surface area contributed by atoms with Crippen LogP contribution >= 0.6 is 11.8 Å². The molecule has 0 aliphatic carbocycles. The van der Waals surface area contributed by atoms with Crippen LogP contribution in [0.15, 0.2) is 42.5 Å². The van der Waals surface area contributed by atoms with Crippen molar-refractivity contribution in [1.82, 2.24) is 10.2 Å². The van der Waals surface area contributed by atoms with E-state index in [2.05, 4.69) is 5.32 Å². The quantitative estimate of drug-likeness (QED) is 0.397. The van der Waals surface area contributed by atoms with Crippen LogP contribution in [0.3, 0.4) is 0 Å². The first kappa shape index (κ1) is 33.8. The zero-order valence-electron chi connectivity index (χ0n) is 23.5. The molecular formula is C30H41LiN2O6S. The van der Waals surface area contributed by atoms with Crippen LogP contribution in [0.1, 0.15) is 61.5 Å². The number of nitrogens with one attached hydrogen (secondary N) is 1. The van der Waals surface area contributed by atoms with Crippen LogP contribution in [0.25, 0.3) is 11.1 Å². The van der Waals surface area contributed by atoms with Crippen molar-refractivity contribution in [2.24, 2.45) is 0 Å². The molecule has 214 valence electrons. The predicted octanol–water partition coefficient (Wildman–Crippen LogP) is 4.87. The van der Waals surface area contributed by atoms with Gasteiger partial charge in [-0.25, -0.2) is 9.59 Å². The molecule has 0 saturated carbocycles. The first-order chi connectivity index (χ1) is 18.5. The van der Waals surface area contributed by atoms with Gasteiger partial charge in [0.15, 0.2) is 0 Å². The minimum absolute atomic E-state index is 0. The molecule has 2 aromatic carbocycles. The van der Waals surface area contributed by atoms with E-state index in [-0.39, 0.29) is 31.1 Å². The van der Waals surface area contributed by atoms with Crippen molar-refractivity contribution in [1.29, 1.82) is 0 Å². The molecule has 2 N–H and O–H groups in total. The summed E-state index contributed by atoms with van der Waals surface area (Å²) in [5.74, 6) is -0.823. The molecule has 0 radical (unpaired) electrons. The third-order valence-electron chi connectivity index (χ3n) is 6.56. The van der Waals surface area contributed by atoms with Gasteiger partial charge in [0.05, 0.1) is 12.7 Å². The van der Waals surface area contributed by atoms with E-state index in [4.69, 9.17) is 9.47 Å². The van der Waals surface area contributed by atoms with Gasteiger partial charge >= 0.3 is 30.9 Å². The maximum absolute atomic E-state index is 13.3. The molecule has 1 unspecified atom stereocenters. The van der Waals surface area contributed by atoms with Gasteiger partial charge in [0.25, 0.3) is 5.91 Å². The summed E-state index contributed by atoms with van der Waals surface area (Å²) < 4.78 is 11.7. The van der Waals surface area contributed by atoms with Crippen molar-refractivity contribution >= 4 is 48.6 Å². The van der Waals surface area contributed by atoms with Crippen LogP contribution in [0.4, 0.5) is 4.79 Å². The van der Waals surface area contributed by atoms with E-state index in [1.54, 1.807) is 22.7 Å². The van der Waals surface area contributed by atoms with Gasteiger partial charge in [0, 0.05) is 18.7 Å². The third-order valence-corrected chi connectivity index (χ3v) is 7.20. The van der Waals surface area contributed by atoms with Crippen LogP contribution < -0.4 is 5.32 Å². The Balaban J connectivity index is 0.00000560. The average molecular weight is 565 g/mol. The zero-order chi connectivity index (χ0) is 28.6. The average Bonchev–Trinajstić information content (AvgIpc) is 2.89. The van der Waals surface area contributed by atoms with Crippen LogP contribution in [0.2, 0.25) is 0 Å². The summed E-state index contributed by atoms with van der Waals surface area (Å²) in [7, 11) is 0. The summed E-state index contributed by atoms with van der Waals surface area (Å²) in [6.45, 7) is 9.08. The van der Waals surface area contributed by atoms with Gasteiger partial charge in [0.2, 0.25) is 0 Å². The number of nitrogens with zero attached hydrogens (tertiary/aromatic N) is 1. The molecule has 2 aromatic rings. The van der Waals surface area contributed by atoms with E-state index in [9.17, 15) is 19.5 Å². The molecule has 1 fully saturated rings. The van der Waals surface area contributed by atoms with Gasteiger partial charge in [-0.1, -0.05) is 30.3 Å². The van der Waals surface area contributed by atoms with Crippen LogP contribution in [-0.2, 0) is 20.9 Å². The second-order valence-electron chi connectivity index (χ2n) is 10.8. The standard InChI is InChI=1S/C30H40N2O6S.Li.H/c1-20-8-6-7-9-23(20)25-18-21(10-11-24(25)27(33)31-26(28(34)35)14-17-39-5)19-37-22-12-15-32(16-13-22)29(36)38-30(2,3)4;;/h6-11,18,22,26H,12-17,19H2,1-5H3,(H,31,33)(H,34,35);;. The Labute approximate surface area is 253 Å². The molecule has 3 rings (SSSR count). The number of piperidine rings is 1. The molecule has 1 saturated heterocycles. The van der Waals surface area contributed by atoms with Crippen molar-refractivity contribution in [3.63, 3.8) is 0 Å². The van der Waals surface area contributed by atoms with E-state index in [0.29, 0.717) is 37.4 Å². The maximum atomic E-state index is 13.3. The fourth-order valence-electron chi connectivity index (χ4n) is 4.45. The molecule has 1 aliphatic heterocycles. The predicted molar refractivity (Wildman–Crippen MR) is 161 cm³/mol. The SMILES string of the molecule is CSCCC(NC(=O)c1ccc(COC2CCN(C(=O)OC(C)(C)C)CC2)cc1-c1ccccc1C)C(=O)O.[LiH]. The minimum atomic E-state index is -1.04. The summed E-state index contributed by atoms with van der Waals surface area (Å²) in [4.78, 5) is 39.0. The molecule has 2 amide bonds. The summed E-state index contributed by atoms with van der Waals surface area (Å²) in [5, 5.41) is 12.3. The van der Waals surface area contributed by atoms with Gasteiger partial charge in [-0.3, -0.25) is 4.79 Å². The Hall–Kier alpha value is -2.44. The summed E-state index contributed by atoms with van der Waals surface area (Å²) >= 11 is 1.54. The fraction of sp³-hybridized carbons (Fsp3) is 0.500. The Kier molecular flexibility index (Phi) is 13.1. The number of likely N-dealkylation sites (tertiary alicyclic amines) is 1. The monoisotopic (exact) mass is 564 g/mol. The summed E-state index contributed by atoms with van der Waals surface area (Å²) in [5.41, 5.74) is 3.47. The van der Waals surface area contributed by atoms with E-state index >= 15 is 0 Å². The summed E-state index contributed by atoms with van der Waals surface area (Å²) in [6, 6.07) is 12.4. The molecule has 1 heterocycles. The molecule has 1 aliphatic rings. The van der Waals surface area contributed by atoms with E-state index in [1.807, 2.05) is 70.3 Å². The van der Waals surface area contributed by atoms with Gasteiger partial charge in [-0.05, 0) is 93.4 Å². The molecule has 10 heteroatoms. The Morgan fingerprint density at radius 3 is 2.38 bits per heavy atom. The second kappa shape index (κ2) is 15.5. The number of carbonyl (C=O) groups is 3. The fourth-order valence-corrected chi connectivity index (χ4v) is 4.92. The van der Waals surface area contributed by atoms with Crippen molar-refractivity contribution in [3.05, 3.63) is 59.2 Å². The van der Waals surface area contributed by atoms with Crippen molar-refractivity contribution in [3.8, 4) is 11.1 Å². The normalized spacial score (nSPS) is 14.7. The van der Waals surface area contributed by atoms with Crippen molar-refractivity contribution in [2.45, 2.75) is 71.3 Å². The number of hydrogen-bond donors (Lipinski definition) is 2. The number of carboxylic acid groups (broad SMARTS) is 1. The molecule has 0 spiro atoms. The third kappa shape index (κ3) is 9.88. The number of benzene rings is 2. The Bertz CT molecular complexity index is 1160. The summed E-state index contributed by atoms with van der Waals surface area (Å²) in [6.07, 6.45) is 3.41. The van der Waals surface area contributed by atoms with E-state index < -0.39 is 23.5 Å². The van der Waals surface area contributed by atoms with E-state index in [1.165, 1.54) is 0 Å². The number of aliphatic carboxylic acids is 1. The molecule has 8 nitrogen and oxygen atoms in total. The van der Waals surface area contributed by atoms with Gasteiger partial charge in [-0.2, -0.15) is 11.8 Å². The van der Waals surface area contributed by atoms with Gasteiger partial charge in [-0.15, -0.1) is 0 Å². The second-order valence-corrected chi connectivity index (χ2v) is 11.8. The van der Waals surface area contributed by atoms with E-state index in [0.717, 1.165) is 35.1 Å². The number of carbonyl (C=O) groups excluding carboxylic acids is 2. The number of carboxylic acids is 1. The van der Waals surface area contributed by atoms with Gasteiger partial charge < -0.3 is 24.8 Å². The Morgan fingerprint density at radius 1 is 1.10 bits per heavy atom. The number of amides is 2. The molecule has 1 atom stereocenters. The van der Waals surface area contributed by atoms with Crippen LogP contribution in [0, 0.1) is 6.92 Å². The van der Waals surface area contributed by atoms with Gasteiger partial charge in [0.1, 0.15) is 11.6 Å². The number of aryl methyl sites for hydroxylation is 1. The van der Waals surface area contributed by atoms with Crippen LogP contribution in [-0.4, -0.2) is 89.7 Å². The number of hydrogen-bond acceptors (Lipinski definition) is 6. The molecule has 0 bridgehead atoms. The first-order valence-corrected chi connectivity index (χ1v) is 14.7. The topological polar surface area (TPSA) is 105 Å². The number of thioether (sulfide) groups is 1. The zero-order valence-corrected chi connectivity index (χ0v) is 24.3.